The molecule has 13 heteroatoms. The zero-order valence-corrected chi connectivity index (χ0v) is 19.9. The van der Waals surface area contributed by atoms with E-state index in [1.807, 2.05) is 20.0 Å². The zero-order valence-electron chi connectivity index (χ0n) is 18.3. The standard InChI is InChI=1S/C20H24ClN9O2S/c1-9-13(16-17(32-16)26-20(33)28-22-2)15(14-10(21)8-30(3)29-14)25-18(23-9)27-19-24-11-6-4-5-7-12(11)31-19/h6-8,13,15-17,22H,4-5H2,1-3H3,(H,24,25,27)(H2,26,28,33). The van der Waals surface area contributed by atoms with Gasteiger partial charge in [0.1, 0.15) is 23.2 Å². The van der Waals surface area contributed by atoms with Gasteiger partial charge in [-0.2, -0.15) is 10.1 Å². The highest BCUT2D eigenvalue weighted by molar-refractivity contribution is 7.80. The quantitative estimate of drug-likeness (QED) is 0.267. The fraction of sp³-hybridized carbons (Fsp3) is 0.450. The minimum atomic E-state index is -0.413. The summed E-state index contributed by atoms with van der Waals surface area (Å²) in [5.41, 5.74) is 7.85. The van der Waals surface area contributed by atoms with E-state index in [0.29, 0.717) is 27.8 Å². The number of aryl methyl sites for hydroxylation is 1. The van der Waals surface area contributed by atoms with E-state index >= 15 is 0 Å². The summed E-state index contributed by atoms with van der Waals surface area (Å²) >= 11 is 11.7. The lowest BCUT2D eigenvalue weighted by Gasteiger charge is -2.26. The Morgan fingerprint density at radius 1 is 1.30 bits per heavy atom. The summed E-state index contributed by atoms with van der Waals surface area (Å²) in [5, 5.41) is 12.6. The number of oxazole rings is 1. The molecule has 0 bridgehead atoms. The number of rotatable bonds is 5. The second kappa shape index (κ2) is 8.86. The molecule has 4 heterocycles. The molecule has 3 aliphatic rings. The molecule has 0 spiro atoms. The maximum absolute atomic E-state index is 6.51. The molecular weight excluding hydrogens is 466 g/mol. The van der Waals surface area contributed by atoms with Gasteiger partial charge in [-0.25, -0.2) is 15.4 Å². The predicted molar refractivity (Wildman–Crippen MR) is 129 cm³/mol. The molecule has 5 rings (SSSR count). The second-order valence-corrected chi connectivity index (χ2v) is 8.78. The number of aromatic nitrogens is 3. The summed E-state index contributed by atoms with van der Waals surface area (Å²) in [4.78, 5) is 14.0. The lowest BCUT2D eigenvalue weighted by atomic mass is 9.88. The number of ether oxygens (including phenoxy) is 1. The maximum atomic E-state index is 6.51. The number of hydrogen-bond donors (Lipinski definition) is 4. The van der Waals surface area contributed by atoms with E-state index in [2.05, 4.69) is 42.6 Å². The number of aliphatic imine (C=N–C) groups is 2. The minimum Gasteiger partial charge on any atom is -0.424 e. The molecule has 11 nitrogen and oxygen atoms in total. The van der Waals surface area contributed by atoms with Crippen molar-refractivity contribution in [2.75, 3.05) is 12.4 Å². The molecule has 4 N–H and O–H groups in total. The summed E-state index contributed by atoms with van der Waals surface area (Å²) in [6, 6.07) is -0.0660. The van der Waals surface area contributed by atoms with Crippen LogP contribution in [0.4, 0.5) is 6.01 Å². The third-order valence-corrected chi connectivity index (χ3v) is 6.09. The molecule has 1 fully saturated rings. The molecule has 4 atom stereocenters. The van der Waals surface area contributed by atoms with Crippen LogP contribution in [0.15, 0.2) is 20.6 Å². The Morgan fingerprint density at radius 3 is 2.85 bits per heavy atom. The molecule has 0 radical (unpaired) electrons. The molecule has 0 amide bonds. The summed E-state index contributed by atoms with van der Waals surface area (Å²) in [5.74, 6) is 0.198. The van der Waals surface area contributed by atoms with Crippen LogP contribution in [-0.4, -0.2) is 50.9 Å². The van der Waals surface area contributed by atoms with E-state index in [4.69, 9.17) is 38.0 Å². The molecule has 2 aliphatic heterocycles. The van der Waals surface area contributed by atoms with Gasteiger partial charge in [0.2, 0.25) is 5.96 Å². The Kier molecular flexibility index (Phi) is 5.91. The predicted octanol–water partition coefficient (Wildman–Crippen LogP) is 0.340. The largest absolute Gasteiger partial charge is 0.424 e. The number of nitrogens with zero attached hydrogens (tertiary/aromatic N) is 5. The number of guanidine groups is 1. The van der Waals surface area contributed by atoms with Gasteiger partial charge in [-0.05, 0) is 38.1 Å². The Balaban J connectivity index is 1.43. The Hall–Kier alpha value is -2.80. The van der Waals surface area contributed by atoms with Crippen molar-refractivity contribution in [2.45, 2.75) is 38.1 Å². The normalized spacial score (nSPS) is 25.7. The van der Waals surface area contributed by atoms with Crippen molar-refractivity contribution >= 4 is 58.8 Å². The molecule has 2 aromatic heterocycles. The number of halogens is 1. The molecule has 1 aliphatic carbocycles. The van der Waals surface area contributed by atoms with Crippen LogP contribution in [0.5, 0.6) is 0 Å². The van der Waals surface area contributed by atoms with Gasteiger partial charge in [-0.15, -0.1) is 0 Å². The Morgan fingerprint density at radius 2 is 2.12 bits per heavy atom. The molecular formula is C20H24ClN9O2S. The van der Waals surface area contributed by atoms with E-state index in [-0.39, 0.29) is 18.2 Å². The van der Waals surface area contributed by atoms with Crippen molar-refractivity contribution in [3.8, 4) is 0 Å². The molecule has 174 valence electrons. The fourth-order valence-electron chi connectivity index (χ4n) is 4.11. The summed E-state index contributed by atoms with van der Waals surface area (Å²) < 4.78 is 13.4. The number of thiocarbonyl (C=S) groups is 1. The zero-order chi connectivity index (χ0) is 23.1. The van der Waals surface area contributed by atoms with Crippen LogP contribution in [0.3, 0.4) is 0 Å². The van der Waals surface area contributed by atoms with Crippen LogP contribution in [0, 0.1) is 5.92 Å². The molecule has 4 unspecified atom stereocenters. The van der Waals surface area contributed by atoms with E-state index in [0.717, 1.165) is 29.3 Å². The van der Waals surface area contributed by atoms with Gasteiger partial charge in [-0.3, -0.25) is 15.4 Å². The van der Waals surface area contributed by atoms with Crippen molar-refractivity contribution in [1.82, 2.24) is 30.9 Å². The number of hydrogen-bond acceptors (Lipinski definition) is 9. The first-order valence-corrected chi connectivity index (χ1v) is 11.4. The minimum absolute atomic E-state index is 0.183. The monoisotopic (exact) mass is 489 g/mol. The fourth-order valence-corrected chi connectivity index (χ4v) is 4.62. The second-order valence-electron chi connectivity index (χ2n) is 7.96. The third-order valence-electron chi connectivity index (χ3n) is 5.58. The van der Waals surface area contributed by atoms with Crippen molar-refractivity contribution in [1.29, 1.82) is 0 Å². The number of hydrazine groups is 1. The van der Waals surface area contributed by atoms with Gasteiger partial charge in [0.25, 0.3) is 0 Å². The van der Waals surface area contributed by atoms with Crippen LogP contribution in [0.2, 0.25) is 5.02 Å². The smallest absolute Gasteiger partial charge is 0.302 e. The number of nitrogens with one attached hydrogen (secondary N) is 4. The number of anilines is 1. The molecule has 1 saturated heterocycles. The lowest BCUT2D eigenvalue weighted by molar-refractivity contribution is 0.321. The highest BCUT2D eigenvalue weighted by atomic mass is 35.5. The molecule has 0 saturated carbocycles. The highest BCUT2D eigenvalue weighted by Gasteiger charge is 2.52. The topological polar surface area (TPSA) is 129 Å². The maximum Gasteiger partial charge on any atom is 0.302 e. The van der Waals surface area contributed by atoms with E-state index in [1.54, 1.807) is 17.9 Å². The number of epoxide rings is 1. The molecule has 33 heavy (non-hydrogen) atoms. The first-order chi connectivity index (χ1) is 15.9. The van der Waals surface area contributed by atoms with Crippen LogP contribution < -0.4 is 32.2 Å². The average Bonchev–Trinajstić information content (AvgIpc) is 3.22. The van der Waals surface area contributed by atoms with Gasteiger partial charge < -0.3 is 14.5 Å². The van der Waals surface area contributed by atoms with Crippen LogP contribution in [-0.2, 0) is 11.8 Å². The average molecular weight is 490 g/mol. The first kappa shape index (κ1) is 22.0. The van der Waals surface area contributed by atoms with Crippen molar-refractivity contribution in [2.24, 2.45) is 23.0 Å². The molecule has 0 aromatic carbocycles. The first-order valence-electron chi connectivity index (χ1n) is 10.6. The van der Waals surface area contributed by atoms with Crippen molar-refractivity contribution in [3.63, 3.8) is 0 Å². The van der Waals surface area contributed by atoms with E-state index in [9.17, 15) is 0 Å². The van der Waals surface area contributed by atoms with Gasteiger partial charge >= 0.3 is 6.01 Å². The van der Waals surface area contributed by atoms with E-state index in [1.165, 1.54) is 0 Å². The summed E-state index contributed by atoms with van der Waals surface area (Å²) in [6.45, 7) is 1.94. The van der Waals surface area contributed by atoms with Gasteiger partial charge in [0.15, 0.2) is 16.8 Å². The van der Waals surface area contributed by atoms with Gasteiger partial charge in [0, 0.05) is 26.0 Å². The highest BCUT2D eigenvalue weighted by Crippen LogP contribution is 2.42. The molecule has 2 aromatic rings. The Bertz CT molecular complexity index is 1230. The number of fused-ring (bicyclic) bond motifs is 1. The van der Waals surface area contributed by atoms with Crippen molar-refractivity contribution < 1.29 is 9.15 Å². The van der Waals surface area contributed by atoms with Crippen LogP contribution >= 0.6 is 23.8 Å². The van der Waals surface area contributed by atoms with Gasteiger partial charge in [0.05, 0.1) is 10.9 Å². The van der Waals surface area contributed by atoms with E-state index < -0.39 is 6.04 Å². The van der Waals surface area contributed by atoms with Crippen LogP contribution in [0.25, 0.3) is 12.2 Å². The SMILES string of the molecule is CNNC(=S)NC1OC1C1C(C)=NC(Nc2nc3c(o2)=CCCC=3)=NC1c1nn(C)cc1Cl. The van der Waals surface area contributed by atoms with Crippen LogP contribution in [0.1, 0.15) is 31.5 Å². The summed E-state index contributed by atoms with van der Waals surface area (Å²) in [7, 11) is 3.56. The van der Waals surface area contributed by atoms with Gasteiger partial charge in [-0.1, -0.05) is 17.7 Å². The summed E-state index contributed by atoms with van der Waals surface area (Å²) in [6.07, 6.45) is 7.25. The van der Waals surface area contributed by atoms with Crippen molar-refractivity contribution in [3.05, 3.63) is 27.7 Å². The Labute approximate surface area is 200 Å². The third kappa shape index (κ3) is 4.51. The lowest BCUT2D eigenvalue weighted by Crippen LogP contribution is -2.44.